The number of hydrogen-bond donors (Lipinski definition) is 1. The number of benzene rings is 3. The van der Waals surface area contributed by atoms with Crippen molar-refractivity contribution in [2.24, 2.45) is 10.2 Å². The van der Waals surface area contributed by atoms with Crippen LogP contribution in [-0.4, -0.2) is 23.0 Å². The van der Waals surface area contributed by atoms with Crippen molar-refractivity contribution in [3.8, 4) is 5.75 Å². The third kappa shape index (κ3) is 4.54. The third-order valence-corrected chi connectivity index (χ3v) is 4.90. The molecule has 0 saturated carbocycles. The van der Waals surface area contributed by atoms with E-state index in [1.54, 1.807) is 6.21 Å². The summed E-state index contributed by atoms with van der Waals surface area (Å²) in [5.74, 6) is 1.16. The molecule has 1 heterocycles. The van der Waals surface area contributed by atoms with E-state index in [0.717, 1.165) is 16.9 Å². The van der Waals surface area contributed by atoms with E-state index < -0.39 is 0 Å². The number of fused-ring (bicyclic) bond motifs is 1. The predicted molar refractivity (Wildman–Crippen MR) is 110 cm³/mol. The lowest BCUT2D eigenvalue weighted by Crippen LogP contribution is -2.19. The number of amidine groups is 1. The molecule has 27 heavy (non-hydrogen) atoms. The fourth-order valence-electron chi connectivity index (χ4n) is 2.67. The van der Waals surface area contributed by atoms with E-state index in [9.17, 15) is 4.79 Å². The van der Waals surface area contributed by atoms with Gasteiger partial charge in [0.2, 0.25) is 5.91 Å². The van der Waals surface area contributed by atoms with Crippen LogP contribution in [0.5, 0.6) is 5.75 Å². The quantitative estimate of drug-likeness (QED) is 0.542. The fourth-order valence-corrected chi connectivity index (χ4v) is 3.30. The molecule has 3 aromatic rings. The van der Waals surface area contributed by atoms with Gasteiger partial charge in [-0.1, -0.05) is 48.2 Å². The molecule has 1 saturated heterocycles. The Morgan fingerprint density at radius 2 is 1.85 bits per heavy atom. The van der Waals surface area contributed by atoms with Crippen molar-refractivity contribution in [1.82, 2.24) is 5.32 Å². The number of nitrogens with one attached hydrogen (secondary N) is 1. The largest absolute Gasteiger partial charge is 0.489 e. The van der Waals surface area contributed by atoms with Crippen LogP contribution in [0.25, 0.3) is 10.8 Å². The molecule has 1 fully saturated rings. The molecule has 1 amide bonds. The Labute approximate surface area is 161 Å². The van der Waals surface area contributed by atoms with Crippen molar-refractivity contribution >= 4 is 39.8 Å². The van der Waals surface area contributed by atoms with Crippen LogP contribution in [0.15, 0.2) is 76.9 Å². The lowest BCUT2D eigenvalue weighted by Gasteiger charge is -2.07. The first-order chi connectivity index (χ1) is 13.3. The van der Waals surface area contributed by atoms with Gasteiger partial charge in [-0.2, -0.15) is 5.10 Å². The van der Waals surface area contributed by atoms with Gasteiger partial charge in [-0.25, -0.2) is 0 Å². The molecular formula is C21H17N3O2S. The van der Waals surface area contributed by atoms with Gasteiger partial charge in [0.05, 0.1) is 12.0 Å². The SMILES string of the molecule is O=C1CSC(=NN=Cc2ccc(OCc3ccc4ccccc4c3)cc2)N1. The first-order valence-corrected chi connectivity index (χ1v) is 9.49. The second-order valence-corrected chi connectivity index (χ2v) is 6.99. The minimum Gasteiger partial charge on any atom is -0.489 e. The highest BCUT2D eigenvalue weighted by Gasteiger charge is 2.15. The Balaban J connectivity index is 1.35. The second-order valence-electron chi connectivity index (χ2n) is 6.03. The molecule has 1 aliphatic rings. The summed E-state index contributed by atoms with van der Waals surface area (Å²) in [7, 11) is 0. The van der Waals surface area contributed by atoms with Gasteiger partial charge in [-0.05, 0) is 52.2 Å². The van der Waals surface area contributed by atoms with Crippen LogP contribution < -0.4 is 10.1 Å². The van der Waals surface area contributed by atoms with E-state index in [1.165, 1.54) is 22.5 Å². The highest BCUT2D eigenvalue weighted by Crippen LogP contribution is 2.18. The predicted octanol–water partition coefficient (Wildman–Crippen LogP) is 3.97. The standard InChI is InChI=1S/C21H17N3O2S/c25-20-14-27-21(23-20)24-22-12-15-6-9-19(10-7-15)26-13-16-5-8-17-3-1-2-4-18(17)11-16/h1-12H,13-14H2,(H,23,24,25). The highest BCUT2D eigenvalue weighted by molar-refractivity contribution is 8.15. The van der Waals surface area contributed by atoms with Gasteiger partial charge in [0.15, 0.2) is 5.17 Å². The van der Waals surface area contributed by atoms with Gasteiger partial charge in [-0.15, -0.1) is 5.10 Å². The van der Waals surface area contributed by atoms with E-state index >= 15 is 0 Å². The van der Waals surface area contributed by atoms with Gasteiger partial charge >= 0.3 is 0 Å². The first kappa shape index (κ1) is 17.3. The molecule has 5 nitrogen and oxygen atoms in total. The molecule has 3 aromatic carbocycles. The van der Waals surface area contributed by atoms with E-state index in [-0.39, 0.29) is 5.91 Å². The Morgan fingerprint density at radius 1 is 1.04 bits per heavy atom. The summed E-state index contributed by atoms with van der Waals surface area (Å²) in [5, 5.41) is 13.6. The molecule has 1 aliphatic heterocycles. The molecule has 0 aromatic heterocycles. The van der Waals surface area contributed by atoms with Crippen molar-refractivity contribution < 1.29 is 9.53 Å². The topological polar surface area (TPSA) is 63.0 Å². The van der Waals surface area contributed by atoms with Crippen molar-refractivity contribution in [1.29, 1.82) is 0 Å². The molecular weight excluding hydrogens is 358 g/mol. The van der Waals surface area contributed by atoms with E-state index in [4.69, 9.17) is 4.74 Å². The smallest absolute Gasteiger partial charge is 0.236 e. The van der Waals surface area contributed by atoms with E-state index in [2.05, 4.69) is 45.9 Å². The van der Waals surface area contributed by atoms with Crippen LogP contribution in [-0.2, 0) is 11.4 Å². The van der Waals surface area contributed by atoms with E-state index in [0.29, 0.717) is 17.5 Å². The number of ether oxygens (including phenoxy) is 1. The summed E-state index contributed by atoms with van der Waals surface area (Å²) < 4.78 is 5.87. The van der Waals surface area contributed by atoms with Crippen LogP contribution in [0.2, 0.25) is 0 Å². The van der Waals surface area contributed by atoms with Crippen LogP contribution in [0.1, 0.15) is 11.1 Å². The molecule has 134 valence electrons. The zero-order valence-corrected chi connectivity index (χ0v) is 15.3. The van der Waals surface area contributed by atoms with Gasteiger partial charge in [0, 0.05) is 0 Å². The highest BCUT2D eigenvalue weighted by atomic mass is 32.2. The number of carbonyl (C=O) groups excluding carboxylic acids is 1. The van der Waals surface area contributed by atoms with Crippen LogP contribution in [0, 0.1) is 0 Å². The van der Waals surface area contributed by atoms with Gasteiger partial charge in [0.1, 0.15) is 12.4 Å². The van der Waals surface area contributed by atoms with Crippen molar-refractivity contribution in [2.45, 2.75) is 6.61 Å². The lowest BCUT2D eigenvalue weighted by atomic mass is 10.1. The summed E-state index contributed by atoms with van der Waals surface area (Å²) in [6.07, 6.45) is 1.64. The van der Waals surface area contributed by atoms with Crippen molar-refractivity contribution in [3.63, 3.8) is 0 Å². The van der Waals surface area contributed by atoms with Crippen LogP contribution in [0.3, 0.4) is 0 Å². The number of hydrogen-bond acceptors (Lipinski definition) is 5. The molecule has 6 heteroatoms. The average Bonchev–Trinajstić information content (AvgIpc) is 3.12. The van der Waals surface area contributed by atoms with Crippen LogP contribution >= 0.6 is 11.8 Å². The van der Waals surface area contributed by atoms with Gasteiger partial charge in [0.25, 0.3) is 0 Å². The number of carbonyl (C=O) groups is 1. The fraction of sp³-hybridized carbons (Fsp3) is 0.0952. The molecule has 1 N–H and O–H groups in total. The lowest BCUT2D eigenvalue weighted by molar-refractivity contribution is -0.116. The molecule has 0 atom stereocenters. The maximum absolute atomic E-state index is 11.1. The molecule has 0 radical (unpaired) electrons. The maximum Gasteiger partial charge on any atom is 0.236 e. The molecule has 0 aliphatic carbocycles. The Morgan fingerprint density at radius 3 is 2.63 bits per heavy atom. The summed E-state index contributed by atoms with van der Waals surface area (Å²) >= 11 is 1.35. The normalized spacial score (nSPS) is 15.6. The molecule has 0 bridgehead atoms. The first-order valence-electron chi connectivity index (χ1n) is 8.50. The summed E-state index contributed by atoms with van der Waals surface area (Å²) in [5.41, 5.74) is 2.04. The minimum absolute atomic E-state index is 0.0399. The number of nitrogens with zero attached hydrogens (tertiary/aromatic N) is 2. The van der Waals surface area contributed by atoms with Crippen molar-refractivity contribution in [2.75, 3.05) is 5.75 Å². The van der Waals surface area contributed by atoms with Crippen LogP contribution in [0.4, 0.5) is 0 Å². The molecule has 4 rings (SSSR count). The monoisotopic (exact) mass is 375 g/mol. The van der Waals surface area contributed by atoms with Gasteiger partial charge in [-0.3, -0.25) is 4.79 Å². The number of amides is 1. The van der Waals surface area contributed by atoms with Gasteiger partial charge < -0.3 is 10.1 Å². The Kier molecular flexibility index (Phi) is 5.16. The molecule has 0 spiro atoms. The number of thioether (sulfide) groups is 1. The summed E-state index contributed by atoms with van der Waals surface area (Å²) in [4.78, 5) is 11.1. The number of rotatable bonds is 5. The van der Waals surface area contributed by atoms with Crippen molar-refractivity contribution in [3.05, 3.63) is 77.9 Å². The maximum atomic E-state index is 11.1. The zero-order chi connectivity index (χ0) is 18.5. The Hall–Kier alpha value is -3.12. The summed E-state index contributed by atoms with van der Waals surface area (Å²) in [6.45, 7) is 0.517. The molecule has 0 unspecified atom stereocenters. The van der Waals surface area contributed by atoms with E-state index in [1.807, 2.05) is 36.4 Å². The summed E-state index contributed by atoms with van der Waals surface area (Å²) in [6, 6.07) is 22.3. The Bertz CT molecular complexity index is 1030. The average molecular weight is 375 g/mol. The third-order valence-electron chi connectivity index (χ3n) is 4.04. The zero-order valence-electron chi connectivity index (χ0n) is 14.5. The second kappa shape index (κ2) is 8.05. The minimum atomic E-state index is -0.0399.